The molecular weight excluding hydrogens is 276 g/mol. The topological polar surface area (TPSA) is 57.2 Å². The maximum atomic E-state index is 9.92. The van der Waals surface area contributed by atoms with Gasteiger partial charge < -0.3 is 23.7 Å². The Morgan fingerprint density at radius 3 is 2.25 bits per heavy atom. The lowest BCUT2D eigenvalue weighted by atomic mass is 10.1. The van der Waals surface area contributed by atoms with Gasteiger partial charge >= 0.3 is 0 Å². The summed E-state index contributed by atoms with van der Waals surface area (Å²) in [5, 5.41) is 10.1. The highest BCUT2D eigenvalue weighted by Gasteiger charge is 2.55. The van der Waals surface area contributed by atoms with Gasteiger partial charge in [0, 0.05) is 0 Å². The van der Waals surface area contributed by atoms with Crippen LogP contribution in [0, 0.1) is 0 Å². The van der Waals surface area contributed by atoms with Crippen molar-refractivity contribution in [3.63, 3.8) is 0 Å². The van der Waals surface area contributed by atoms with E-state index in [1.165, 1.54) is 0 Å². The van der Waals surface area contributed by atoms with Crippen LogP contribution in [0.15, 0.2) is 0 Å². The average Bonchev–Trinajstić information content (AvgIpc) is 2.70. The van der Waals surface area contributed by atoms with E-state index in [9.17, 15) is 5.11 Å². The van der Waals surface area contributed by atoms with Gasteiger partial charge in [-0.05, 0) is 32.0 Å². The summed E-state index contributed by atoms with van der Waals surface area (Å²) in [7, 11) is -1.83. The molecular formula is C14H28O5Si. The van der Waals surface area contributed by atoms with Crippen LogP contribution >= 0.6 is 0 Å². The highest BCUT2D eigenvalue weighted by molar-refractivity contribution is 6.74. The predicted molar refractivity (Wildman–Crippen MR) is 77.9 cm³/mol. The minimum absolute atomic E-state index is 0.149. The summed E-state index contributed by atoms with van der Waals surface area (Å²) in [6.45, 7) is 15.1. The van der Waals surface area contributed by atoms with Gasteiger partial charge in [-0.25, -0.2) is 0 Å². The van der Waals surface area contributed by atoms with Gasteiger partial charge in [-0.1, -0.05) is 20.8 Å². The molecule has 4 atom stereocenters. The van der Waals surface area contributed by atoms with Gasteiger partial charge in [-0.15, -0.1) is 0 Å². The molecule has 0 radical (unpaired) electrons. The van der Waals surface area contributed by atoms with Crippen LogP contribution in [-0.4, -0.2) is 50.4 Å². The normalized spacial score (nSPS) is 37.2. The molecule has 1 N–H and O–H groups in total. The quantitative estimate of drug-likeness (QED) is 0.810. The van der Waals surface area contributed by atoms with Crippen LogP contribution in [0.25, 0.3) is 0 Å². The molecule has 0 aromatic carbocycles. The third-order valence-corrected chi connectivity index (χ3v) is 9.04. The van der Waals surface area contributed by atoms with Crippen molar-refractivity contribution in [1.82, 2.24) is 0 Å². The largest absolute Gasteiger partial charge is 0.414 e. The fraction of sp³-hybridized carbons (Fsp3) is 1.00. The second-order valence-electron chi connectivity index (χ2n) is 7.70. The number of fused-ring (bicyclic) bond motifs is 1. The molecule has 2 aliphatic rings. The summed E-state index contributed by atoms with van der Waals surface area (Å²) in [5.41, 5.74) is 0. The molecule has 0 saturated carbocycles. The summed E-state index contributed by atoms with van der Waals surface area (Å²) in [5.74, 6) is -0.671. The molecule has 20 heavy (non-hydrogen) atoms. The monoisotopic (exact) mass is 304 g/mol. The fourth-order valence-corrected chi connectivity index (χ4v) is 3.31. The lowest BCUT2D eigenvalue weighted by Crippen LogP contribution is -2.44. The molecule has 0 aromatic heterocycles. The third kappa shape index (κ3) is 3.10. The minimum atomic E-state index is -1.83. The maximum Gasteiger partial charge on any atom is 0.192 e. The van der Waals surface area contributed by atoms with Crippen molar-refractivity contribution >= 4 is 8.32 Å². The Morgan fingerprint density at radius 2 is 1.70 bits per heavy atom. The molecule has 5 nitrogen and oxygen atoms in total. The molecule has 6 heteroatoms. The van der Waals surface area contributed by atoms with Crippen molar-refractivity contribution in [2.45, 2.75) is 83.1 Å². The number of aliphatic hydroxyl groups excluding tert-OH is 1. The number of ether oxygens (including phenoxy) is 3. The van der Waals surface area contributed by atoms with Gasteiger partial charge in [0.05, 0.1) is 6.61 Å². The van der Waals surface area contributed by atoms with E-state index in [-0.39, 0.29) is 17.2 Å². The lowest BCUT2D eigenvalue weighted by Gasteiger charge is -2.37. The van der Waals surface area contributed by atoms with E-state index in [1.807, 2.05) is 13.8 Å². The van der Waals surface area contributed by atoms with Gasteiger partial charge in [-0.2, -0.15) is 0 Å². The van der Waals surface area contributed by atoms with Crippen LogP contribution in [0.4, 0.5) is 0 Å². The van der Waals surface area contributed by atoms with Gasteiger partial charge in [0.2, 0.25) is 0 Å². The molecule has 118 valence electrons. The molecule has 0 spiro atoms. The van der Waals surface area contributed by atoms with E-state index in [0.717, 1.165) is 0 Å². The highest BCUT2D eigenvalue weighted by Crippen LogP contribution is 2.40. The van der Waals surface area contributed by atoms with Crippen molar-refractivity contribution in [2.75, 3.05) is 6.61 Å². The van der Waals surface area contributed by atoms with E-state index in [0.29, 0.717) is 6.61 Å². The molecule has 0 aromatic rings. The number of rotatable bonds is 3. The predicted octanol–water partition coefficient (Wildman–Crippen LogP) is 2.25. The van der Waals surface area contributed by atoms with E-state index >= 15 is 0 Å². The van der Waals surface area contributed by atoms with Crippen LogP contribution < -0.4 is 0 Å². The second kappa shape index (κ2) is 5.03. The Balaban J connectivity index is 1.98. The molecule has 0 amide bonds. The first-order chi connectivity index (χ1) is 8.93. The highest BCUT2D eigenvalue weighted by atomic mass is 28.4. The number of aliphatic hydroxyl groups is 1. The second-order valence-corrected chi connectivity index (χ2v) is 12.5. The van der Waals surface area contributed by atoms with Crippen LogP contribution in [0.2, 0.25) is 18.1 Å². The van der Waals surface area contributed by atoms with Crippen molar-refractivity contribution in [1.29, 1.82) is 0 Å². The van der Waals surface area contributed by atoms with E-state index in [2.05, 4.69) is 33.9 Å². The van der Waals surface area contributed by atoms with E-state index < -0.39 is 26.5 Å². The number of hydrogen-bond acceptors (Lipinski definition) is 5. The molecule has 1 unspecified atom stereocenters. The Hall–Kier alpha value is 0.0169. The minimum Gasteiger partial charge on any atom is -0.414 e. The SMILES string of the molecule is CC1(C)O[C@H]2[C@H](O)OC(CO[Si](C)(C)C(C)(C)C)[C@H]2O1. The van der Waals surface area contributed by atoms with Crippen molar-refractivity contribution in [3.8, 4) is 0 Å². The van der Waals surface area contributed by atoms with Crippen LogP contribution in [0.1, 0.15) is 34.6 Å². The van der Waals surface area contributed by atoms with Gasteiger partial charge in [0.15, 0.2) is 20.4 Å². The van der Waals surface area contributed by atoms with Crippen molar-refractivity contribution < 1.29 is 23.7 Å². The first-order valence-electron chi connectivity index (χ1n) is 7.26. The Bertz CT molecular complexity index is 363. The molecule has 2 saturated heterocycles. The summed E-state index contributed by atoms with van der Waals surface area (Å²) in [6, 6.07) is 0. The first kappa shape index (κ1) is 16.4. The average molecular weight is 304 g/mol. The molecule has 0 aliphatic carbocycles. The first-order valence-corrected chi connectivity index (χ1v) is 10.2. The molecule has 2 fully saturated rings. The molecule has 0 bridgehead atoms. The smallest absolute Gasteiger partial charge is 0.192 e. The van der Waals surface area contributed by atoms with Crippen molar-refractivity contribution in [2.24, 2.45) is 0 Å². The van der Waals surface area contributed by atoms with E-state index in [4.69, 9.17) is 18.6 Å². The Morgan fingerprint density at radius 1 is 1.15 bits per heavy atom. The van der Waals surface area contributed by atoms with Crippen molar-refractivity contribution in [3.05, 3.63) is 0 Å². The Labute approximate surface area is 122 Å². The van der Waals surface area contributed by atoms with Crippen LogP contribution in [0.3, 0.4) is 0 Å². The van der Waals surface area contributed by atoms with Gasteiger partial charge in [0.1, 0.15) is 18.3 Å². The summed E-state index contributed by atoms with van der Waals surface area (Å²) in [6.07, 6.45) is -1.89. The molecule has 2 aliphatic heterocycles. The van der Waals surface area contributed by atoms with Gasteiger partial charge in [0.25, 0.3) is 0 Å². The standard InChI is InChI=1S/C14H28O5Si/c1-13(2,3)20(6,7)16-8-9-10-11(12(15)17-9)19-14(4,5)18-10/h9-12,15H,8H2,1-7H3/t9?,10-,11-,12-/m1/s1. The maximum absolute atomic E-state index is 9.92. The zero-order chi connectivity index (χ0) is 15.3. The third-order valence-electron chi connectivity index (χ3n) is 4.54. The van der Waals surface area contributed by atoms with E-state index in [1.54, 1.807) is 0 Å². The molecule has 2 rings (SSSR count). The molecule has 2 heterocycles. The summed E-state index contributed by atoms with van der Waals surface area (Å²) < 4.78 is 23.2. The fourth-order valence-electron chi connectivity index (χ4n) is 2.30. The number of hydrogen-bond donors (Lipinski definition) is 1. The van der Waals surface area contributed by atoms with Crippen LogP contribution in [0.5, 0.6) is 0 Å². The lowest BCUT2D eigenvalue weighted by molar-refractivity contribution is -0.222. The Kier molecular flexibility index (Phi) is 4.13. The zero-order valence-corrected chi connectivity index (χ0v) is 14.6. The summed E-state index contributed by atoms with van der Waals surface area (Å²) >= 11 is 0. The van der Waals surface area contributed by atoms with Crippen LogP contribution in [-0.2, 0) is 18.6 Å². The summed E-state index contributed by atoms with van der Waals surface area (Å²) in [4.78, 5) is 0. The van der Waals surface area contributed by atoms with Gasteiger partial charge in [-0.3, -0.25) is 0 Å². The zero-order valence-electron chi connectivity index (χ0n) is 13.6.